The minimum Gasteiger partial charge on any atom is -0.465 e. The number of nitrogens with one attached hydrogen (secondary N) is 1. The number of carbonyl (C=O) groups is 2. The van der Waals surface area contributed by atoms with Gasteiger partial charge in [0.25, 0.3) is 0 Å². The lowest BCUT2D eigenvalue weighted by Crippen LogP contribution is -2.36. The first kappa shape index (κ1) is 17.0. The first-order chi connectivity index (χ1) is 9.77. The van der Waals surface area contributed by atoms with Gasteiger partial charge >= 0.3 is 5.97 Å². The van der Waals surface area contributed by atoms with Crippen LogP contribution in [0.3, 0.4) is 0 Å². The van der Waals surface area contributed by atoms with E-state index in [4.69, 9.17) is 5.73 Å². The molecule has 0 aliphatic heterocycles. The molecule has 1 atom stereocenters. The summed E-state index contributed by atoms with van der Waals surface area (Å²) in [5.74, 6) is -2.46. The number of para-hydroxylation sites is 2. The molecule has 21 heavy (non-hydrogen) atoms. The number of rotatable bonds is 6. The van der Waals surface area contributed by atoms with Crippen molar-refractivity contribution in [3.05, 3.63) is 24.3 Å². The highest BCUT2D eigenvalue weighted by Gasteiger charge is 2.31. The molecule has 0 aliphatic rings. The van der Waals surface area contributed by atoms with Crippen molar-refractivity contribution in [3.8, 4) is 0 Å². The molecule has 1 unspecified atom stereocenters. The van der Waals surface area contributed by atoms with E-state index >= 15 is 0 Å². The van der Waals surface area contributed by atoms with E-state index in [9.17, 15) is 18.0 Å². The van der Waals surface area contributed by atoms with Crippen LogP contribution in [0, 0.1) is 0 Å². The van der Waals surface area contributed by atoms with Crippen molar-refractivity contribution in [1.29, 1.82) is 0 Å². The fraction of sp³-hybridized carbons (Fsp3) is 0.385. The Morgan fingerprint density at radius 3 is 2.52 bits per heavy atom. The van der Waals surface area contributed by atoms with Crippen LogP contribution in [-0.4, -0.2) is 37.9 Å². The molecule has 0 spiro atoms. The van der Waals surface area contributed by atoms with Crippen LogP contribution in [0.4, 0.5) is 11.4 Å². The minimum atomic E-state index is -3.94. The Morgan fingerprint density at radius 1 is 1.33 bits per heavy atom. The number of nitrogens with two attached hydrogens (primary N) is 1. The molecule has 116 valence electrons. The van der Waals surface area contributed by atoms with Crippen molar-refractivity contribution in [3.63, 3.8) is 0 Å². The van der Waals surface area contributed by atoms with Gasteiger partial charge in [0.15, 0.2) is 9.84 Å². The predicted molar refractivity (Wildman–Crippen MR) is 79.4 cm³/mol. The summed E-state index contributed by atoms with van der Waals surface area (Å²) in [6.07, 6.45) is 0. The van der Waals surface area contributed by atoms with Crippen LogP contribution < -0.4 is 11.1 Å². The van der Waals surface area contributed by atoms with Gasteiger partial charge in [0, 0.05) is 0 Å². The molecule has 8 heteroatoms. The predicted octanol–water partition coefficient (Wildman–Crippen LogP) is 0.574. The van der Waals surface area contributed by atoms with Crippen LogP contribution in [0.15, 0.2) is 24.3 Å². The van der Waals surface area contributed by atoms with Crippen molar-refractivity contribution in [2.45, 2.75) is 19.1 Å². The fourth-order valence-electron chi connectivity index (χ4n) is 1.50. The number of amides is 1. The zero-order valence-corrected chi connectivity index (χ0v) is 12.6. The second-order valence-electron chi connectivity index (χ2n) is 4.33. The molecule has 0 radical (unpaired) electrons. The lowest BCUT2D eigenvalue weighted by atomic mass is 10.2. The van der Waals surface area contributed by atoms with Gasteiger partial charge in [-0.15, -0.1) is 0 Å². The van der Waals surface area contributed by atoms with Gasteiger partial charge in [0.05, 0.1) is 18.0 Å². The molecule has 1 aromatic carbocycles. The van der Waals surface area contributed by atoms with Gasteiger partial charge in [-0.2, -0.15) is 0 Å². The maximum atomic E-state index is 12.0. The number of benzene rings is 1. The number of sulfone groups is 1. The normalized spacial score (nSPS) is 12.5. The van der Waals surface area contributed by atoms with E-state index < -0.39 is 32.7 Å². The Morgan fingerprint density at radius 2 is 1.95 bits per heavy atom. The van der Waals surface area contributed by atoms with Gasteiger partial charge in [0.2, 0.25) is 5.91 Å². The van der Waals surface area contributed by atoms with E-state index in [2.05, 4.69) is 10.1 Å². The summed E-state index contributed by atoms with van der Waals surface area (Å²) in [4.78, 5) is 23.2. The quantitative estimate of drug-likeness (QED) is 0.586. The van der Waals surface area contributed by atoms with Crippen molar-refractivity contribution in [2.24, 2.45) is 0 Å². The Balaban J connectivity index is 2.78. The number of anilines is 2. The van der Waals surface area contributed by atoms with E-state index in [1.807, 2.05) is 0 Å². The molecule has 1 aromatic rings. The summed E-state index contributed by atoms with van der Waals surface area (Å²) in [6.45, 7) is 2.86. The maximum absolute atomic E-state index is 12.0. The second kappa shape index (κ2) is 7.07. The maximum Gasteiger partial charge on any atom is 0.321 e. The number of esters is 1. The lowest BCUT2D eigenvalue weighted by Gasteiger charge is -2.14. The largest absolute Gasteiger partial charge is 0.465 e. The van der Waals surface area contributed by atoms with Gasteiger partial charge in [0.1, 0.15) is 11.0 Å². The molecular weight excluding hydrogens is 296 g/mol. The summed E-state index contributed by atoms with van der Waals surface area (Å²) in [6, 6.07) is 6.47. The van der Waals surface area contributed by atoms with E-state index in [1.165, 1.54) is 6.92 Å². The van der Waals surface area contributed by atoms with Crippen LogP contribution in [0.25, 0.3) is 0 Å². The third kappa shape index (κ3) is 4.75. The minimum absolute atomic E-state index is 0.0788. The molecule has 0 aliphatic carbocycles. The standard InChI is InChI=1S/C13H18N2O5S/c1-3-20-12(16)8-21(18,19)9(2)13(17)15-11-7-5-4-6-10(11)14/h4-7,9H,3,8,14H2,1-2H3,(H,15,17). The Bertz CT molecular complexity index is 627. The Kier molecular flexibility index (Phi) is 5.71. The molecule has 1 amide bonds. The fourth-order valence-corrected chi connectivity index (χ4v) is 2.55. The summed E-state index contributed by atoms with van der Waals surface area (Å²) >= 11 is 0. The summed E-state index contributed by atoms with van der Waals surface area (Å²) < 4.78 is 28.5. The van der Waals surface area contributed by atoms with Crippen LogP contribution >= 0.6 is 0 Å². The monoisotopic (exact) mass is 314 g/mol. The molecule has 0 aromatic heterocycles. The van der Waals surface area contributed by atoms with Gasteiger partial charge < -0.3 is 15.8 Å². The highest BCUT2D eigenvalue weighted by molar-refractivity contribution is 7.93. The number of ether oxygens (including phenoxy) is 1. The Hall–Kier alpha value is -2.09. The molecule has 0 saturated heterocycles. The van der Waals surface area contributed by atoms with Gasteiger partial charge in [-0.05, 0) is 26.0 Å². The first-order valence-electron chi connectivity index (χ1n) is 6.30. The summed E-state index contributed by atoms with van der Waals surface area (Å²) in [5.41, 5.74) is 6.30. The molecular formula is C13H18N2O5S. The van der Waals surface area contributed by atoms with Crippen LogP contribution in [0.2, 0.25) is 0 Å². The van der Waals surface area contributed by atoms with E-state index in [-0.39, 0.29) is 6.61 Å². The first-order valence-corrected chi connectivity index (χ1v) is 8.02. The van der Waals surface area contributed by atoms with E-state index in [0.29, 0.717) is 11.4 Å². The topological polar surface area (TPSA) is 116 Å². The number of hydrogen-bond acceptors (Lipinski definition) is 6. The molecule has 0 heterocycles. The SMILES string of the molecule is CCOC(=O)CS(=O)(=O)C(C)C(=O)Nc1ccccc1N. The average molecular weight is 314 g/mol. The van der Waals surface area contributed by atoms with E-state index in [0.717, 1.165) is 0 Å². The zero-order chi connectivity index (χ0) is 16.0. The summed E-state index contributed by atoms with van der Waals surface area (Å²) in [7, 11) is -3.94. The smallest absolute Gasteiger partial charge is 0.321 e. The van der Waals surface area contributed by atoms with Gasteiger partial charge in [-0.1, -0.05) is 12.1 Å². The molecule has 1 rings (SSSR count). The van der Waals surface area contributed by atoms with Gasteiger partial charge in [-0.3, -0.25) is 9.59 Å². The molecule has 7 nitrogen and oxygen atoms in total. The zero-order valence-electron chi connectivity index (χ0n) is 11.8. The summed E-state index contributed by atoms with van der Waals surface area (Å²) in [5, 5.41) is 1.04. The highest BCUT2D eigenvalue weighted by Crippen LogP contribution is 2.18. The highest BCUT2D eigenvalue weighted by atomic mass is 32.2. The molecule has 0 bridgehead atoms. The van der Waals surface area contributed by atoms with Crippen molar-refractivity contribution in [1.82, 2.24) is 0 Å². The van der Waals surface area contributed by atoms with Crippen molar-refractivity contribution < 1.29 is 22.7 Å². The third-order valence-corrected chi connectivity index (χ3v) is 4.68. The Labute approximate surface area is 123 Å². The number of carbonyl (C=O) groups excluding carboxylic acids is 2. The number of hydrogen-bond donors (Lipinski definition) is 2. The molecule has 0 saturated carbocycles. The third-order valence-electron chi connectivity index (χ3n) is 2.75. The van der Waals surface area contributed by atoms with Crippen LogP contribution in [-0.2, 0) is 24.2 Å². The van der Waals surface area contributed by atoms with E-state index in [1.54, 1.807) is 31.2 Å². The van der Waals surface area contributed by atoms with Crippen molar-refractivity contribution >= 4 is 33.1 Å². The number of nitrogen functional groups attached to an aromatic ring is 1. The second-order valence-corrected chi connectivity index (χ2v) is 6.65. The van der Waals surface area contributed by atoms with Crippen LogP contribution in [0.1, 0.15) is 13.8 Å². The molecule has 0 fully saturated rings. The van der Waals surface area contributed by atoms with Gasteiger partial charge in [-0.25, -0.2) is 8.42 Å². The molecule has 3 N–H and O–H groups in total. The van der Waals surface area contributed by atoms with Crippen LogP contribution in [0.5, 0.6) is 0 Å². The average Bonchev–Trinajstić information content (AvgIpc) is 2.40. The van der Waals surface area contributed by atoms with Crippen molar-refractivity contribution in [2.75, 3.05) is 23.4 Å². The lowest BCUT2D eigenvalue weighted by molar-refractivity contribution is -0.139.